The second-order valence-corrected chi connectivity index (χ2v) is 4.86. The first-order valence-corrected chi connectivity index (χ1v) is 6.91. The summed E-state index contributed by atoms with van der Waals surface area (Å²) in [6.45, 7) is 4.18. The van der Waals surface area contributed by atoms with E-state index in [1.807, 2.05) is 49.4 Å². The third-order valence-electron chi connectivity index (χ3n) is 3.33. The van der Waals surface area contributed by atoms with Gasteiger partial charge in [-0.25, -0.2) is 9.31 Å². The summed E-state index contributed by atoms with van der Waals surface area (Å²) in [5, 5.41) is 4.36. The van der Waals surface area contributed by atoms with E-state index in [0.717, 1.165) is 22.3 Å². The van der Waals surface area contributed by atoms with Gasteiger partial charge in [0, 0.05) is 11.8 Å². The number of benzene rings is 1. The molecule has 0 N–H and O–H groups in total. The van der Waals surface area contributed by atoms with Crippen molar-refractivity contribution in [2.24, 2.45) is 0 Å². The van der Waals surface area contributed by atoms with Crippen LogP contribution < -0.4 is 0 Å². The van der Waals surface area contributed by atoms with Gasteiger partial charge in [0.25, 0.3) is 0 Å². The Bertz CT molecular complexity index is 805. The Labute approximate surface area is 123 Å². The highest BCUT2D eigenvalue weighted by Gasteiger charge is 2.19. The van der Waals surface area contributed by atoms with E-state index in [1.54, 1.807) is 17.6 Å². The molecule has 3 aromatic rings. The molecular weight excluding hydrogens is 264 g/mol. The molecule has 1 aromatic carbocycles. The zero-order valence-electron chi connectivity index (χ0n) is 12.0. The predicted molar refractivity (Wildman–Crippen MR) is 81.3 cm³/mol. The van der Waals surface area contributed by atoms with Crippen molar-refractivity contribution in [3.8, 4) is 11.3 Å². The summed E-state index contributed by atoms with van der Waals surface area (Å²) in [7, 11) is 0. The van der Waals surface area contributed by atoms with Gasteiger partial charge >= 0.3 is 5.97 Å². The van der Waals surface area contributed by atoms with Gasteiger partial charge in [-0.1, -0.05) is 23.8 Å². The molecule has 21 heavy (non-hydrogen) atoms. The lowest BCUT2D eigenvalue weighted by atomic mass is 10.1. The Kier molecular flexibility index (Phi) is 3.44. The number of carbonyl (C=O) groups excluding carboxylic acids is 1. The first-order chi connectivity index (χ1) is 10.2. The van der Waals surface area contributed by atoms with Crippen LogP contribution in [-0.2, 0) is 4.74 Å². The molecule has 0 aliphatic heterocycles. The molecule has 0 saturated heterocycles. The number of aromatic nitrogens is 2. The number of ether oxygens (including phenoxy) is 1. The molecular formula is C17H16N2O2. The first kappa shape index (κ1) is 13.4. The first-order valence-electron chi connectivity index (χ1n) is 6.91. The van der Waals surface area contributed by atoms with Gasteiger partial charge in [-0.2, -0.15) is 5.10 Å². The number of esters is 1. The zero-order valence-corrected chi connectivity index (χ0v) is 12.0. The normalized spacial score (nSPS) is 10.8. The number of carbonyl (C=O) groups is 1. The van der Waals surface area contributed by atoms with Crippen LogP contribution in [-0.4, -0.2) is 22.2 Å². The molecule has 0 aliphatic rings. The molecule has 4 heteroatoms. The summed E-state index contributed by atoms with van der Waals surface area (Å²) in [6.07, 6.45) is 1.71. The quantitative estimate of drug-likeness (QED) is 0.690. The smallest absolute Gasteiger partial charge is 0.340 e. The minimum Gasteiger partial charge on any atom is -0.462 e. The Morgan fingerprint density at radius 3 is 2.86 bits per heavy atom. The molecule has 0 aliphatic carbocycles. The number of aryl methyl sites for hydroxylation is 1. The van der Waals surface area contributed by atoms with Crippen molar-refractivity contribution in [1.82, 2.24) is 9.61 Å². The van der Waals surface area contributed by atoms with Gasteiger partial charge in [0.15, 0.2) is 0 Å². The fourth-order valence-corrected chi connectivity index (χ4v) is 2.45. The summed E-state index contributed by atoms with van der Waals surface area (Å²) in [6, 6.07) is 13.6. The Hall–Kier alpha value is -2.62. The molecule has 0 radical (unpaired) electrons. The van der Waals surface area contributed by atoms with Crippen molar-refractivity contribution in [3.05, 3.63) is 59.8 Å². The molecule has 4 nitrogen and oxygen atoms in total. The second kappa shape index (κ2) is 5.40. The summed E-state index contributed by atoms with van der Waals surface area (Å²) in [5.41, 5.74) is 4.27. The number of fused-ring (bicyclic) bond motifs is 1. The molecule has 2 aromatic heterocycles. The fourth-order valence-electron chi connectivity index (χ4n) is 2.45. The largest absolute Gasteiger partial charge is 0.462 e. The predicted octanol–water partition coefficient (Wildman–Crippen LogP) is 3.49. The van der Waals surface area contributed by atoms with Gasteiger partial charge in [0.2, 0.25) is 0 Å². The molecule has 0 unspecified atom stereocenters. The van der Waals surface area contributed by atoms with E-state index < -0.39 is 0 Å². The summed E-state index contributed by atoms with van der Waals surface area (Å²) in [5.74, 6) is -0.320. The molecule has 3 rings (SSSR count). The van der Waals surface area contributed by atoms with Crippen LogP contribution in [0.2, 0.25) is 0 Å². The highest BCUT2D eigenvalue weighted by atomic mass is 16.5. The van der Waals surface area contributed by atoms with Gasteiger partial charge in [-0.3, -0.25) is 0 Å². The minimum absolute atomic E-state index is 0.320. The maximum atomic E-state index is 12.2. The molecule has 106 valence electrons. The number of hydrogen-bond acceptors (Lipinski definition) is 3. The Morgan fingerprint density at radius 2 is 2.10 bits per heavy atom. The topological polar surface area (TPSA) is 43.6 Å². The highest BCUT2D eigenvalue weighted by molar-refractivity contribution is 5.98. The molecule has 0 fully saturated rings. The van der Waals surface area contributed by atoms with Crippen molar-refractivity contribution >= 4 is 11.5 Å². The van der Waals surface area contributed by atoms with E-state index in [1.165, 1.54) is 0 Å². The lowest BCUT2D eigenvalue weighted by Gasteiger charge is -2.06. The van der Waals surface area contributed by atoms with Crippen molar-refractivity contribution in [2.45, 2.75) is 13.8 Å². The summed E-state index contributed by atoms with van der Waals surface area (Å²) in [4.78, 5) is 12.2. The molecule has 0 atom stereocenters. The van der Waals surface area contributed by atoms with E-state index in [4.69, 9.17) is 4.74 Å². The van der Waals surface area contributed by atoms with Crippen molar-refractivity contribution in [1.29, 1.82) is 0 Å². The van der Waals surface area contributed by atoms with Crippen LogP contribution in [0.25, 0.3) is 16.8 Å². The van der Waals surface area contributed by atoms with Crippen LogP contribution in [0.4, 0.5) is 0 Å². The van der Waals surface area contributed by atoms with Gasteiger partial charge in [0.1, 0.15) is 0 Å². The second-order valence-electron chi connectivity index (χ2n) is 4.86. The van der Waals surface area contributed by atoms with E-state index in [-0.39, 0.29) is 5.97 Å². The monoisotopic (exact) mass is 280 g/mol. The van der Waals surface area contributed by atoms with Crippen LogP contribution in [0.3, 0.4) is 0 Å². The van der Waals surface area contributed by atoms with Crippen LogP contribution in [0.5, 0.6) is 0 Å². The summed E-state index contributed by atoms with van der Waals surface area (Å²) < 4.78 is 6.95. The minimum atomic E-state index is -0.320. The van der Waals surface area contributed by atoms with Gasteiger partial charge < -0.3 is 4.74 Å². The van der Waals surface area contributed by atoms with Crippen LogP contribution >= 0.6 is 0 Å². The van der Waals surface area contributed by atoms with Crippen molar-refractivity contribution < 1.29 is 9.53 Å². The van der Waals surface area contributed by atoms with Crippen LogP contribution in [0.1, 0.15) is 22.8 Å². The van der Waals surface area contributed by atoms with E-state index in [9.17, 15) is 4.79 Å². The lowest BCUT2D eigenvalue weighted by molar-refractivity contribution is 0.0527. The van der Waals surface area contributed by atoms with E-state index in [2.05, 4.69) is 5.10 Å². The molecule has 0 spiro atoms. The third kappa shape index (κ3) is 2.40. The van der Waals surface area contributed by atoms with Crippen molar-refractivity contribution in [3.63, 3.8) is 0 Å². The molecule has 2 heterocycles. The Balaban J connectivity index is 2.27. The van der Waals surface area contributed by atoms with E-state index >= 15 is 0 Å². The van der Waals surface area contributed by atoms with Crippen LogP contribution in [0, 0.1) is 6.92 Å². The standard InChI is InChI=1S/C17H16N2O2/c1-3-21-17(20)15-11-14-8-5-9-18-19(14)16(15)13-7-4-6-12(2)10-13/h4-11H,3H2,1-2H3. The average molecular weight is 280 g/mol. The van der Waals surface area contributed by atoms with Crippen molar-refractivity contribution in [2.75, 3.05) is 6.61 Å². The summed E-state index contributed by atoms with van der Waals surface area (Å²) >= 11 is 0. The number of nitrogens with zero attached hydrogens (tertiary/aromatic N) is 2. The molecule has 0 saturated carbocycles. The maximum absolute atomic E-state index is 12.2. The van der Waals surface area contributed by atoms with Crippen LogP contribution in [0.15, 0.2) is 48.7 Å². The number of hydrogen-bond donors (Lipinski definition) is 0. The average Bonchev–Trinajstić information content (AvgIpc) is 2.87. The number of rotatable bonds is 3. The van der Waals surface area contributed by atoms with E-state index in [0.29, 0.717) is 12.2 Å². The molecule has 0 amide bonds. The SMILES string of the molecule is CCOC(=O)c1cc2cccnn2c1-c1cccc(C)c1. The fraction of sp³-hybridized carbons (Fsp3) is 0.176. The van der Waals surface area contributed by atoms with Gasteiger partial charge in [0.05, 0.1) is 23.4 Å². The zero-order chi connectivity index (χ0) is 14.8. The third-order valence-corrected chi connectivity index (χ3v) is 3.33. The molecule has 0 bridgehead atoms. The van der Waals surface area contributed by atoms with Gasteiger partial charge in [-0.15, -0.1) is 0 Å². The van der Waals surface area contributed by atoms with Gasteiger partial charge in [-0.05, 0) is 38.1 Å². The highest BCUT2D eigenvalue weighted by Crippen LogP contribution is 2.28. The Morgan fingerprint density at radius 1 is 1.24 bits per heavy atom. The maximum Gasteiger partial charge on any atom is 0.340 e. The lowest BCUT2D eigenvalue weighted by Crippen LogP contribution is -2.06.